The maximum atomic E-state index is 12.3. The fraction of sp³-hybridized carbons (Fsp3) is 0.438. The van der Waals surface area contributed by atoms with Gasteiger partial charge in [0.2, 0.25) is 0 Å². The normalized spacial score (nSPS) is 16.1. The van der Waals surface area contributed by atoms with Crippen LogP contribution in [0.2, 0.25) is 0 Å². The van der Waals surface area contributed by atoms with Crippen molar-refractivity contribution in [2.75, 3.05) is 32.8 Å². The van der Waals surface area contributed by atoms with E-state index in [1.165, 1.54) is 0 Å². The Morgan fingerprint density at radius 2 is 2.26 bits per heavy atom. The standard InChI is InChI=1S/C16H20N4O2S/c21-16(11-22-15-3-1-4-17-9-15)20-6-2-5-19(7-8-20)10-14-12-23-13-18-14/h1,3-4,9,12-13H,2,5-8,10-11H2. The summed E-state index contributed by atoms with van der Waals surface area (Å²) in [5.41, 5.74) is 2.97. The molecule has 0 saturated carbocycles. The zero-order valence-corrected chi connectivity index (χ0v) is 13.7. The van der Waals surface area contributed by atoms with E-state index in [1.807, 2.05) is 10.4 Å². The summed E-state index contributed by atoms with van der Waals surface area (Å²) < 4.78 is 5.50. The number of amides is 1. The zero-order valence-electron chi connectivity index (χ0n) is 12.9. The van der Waals surface area contributed by atoms with Crippen LogP contribution < -0.4 is 4.74 Å². The molecule has 0 N–H and O–H groups in total. The Balaban J connectivity index is 1.46. The molecule has 2 aromatic heterocycles. The Labute approximate surface area is 139 Å². The highest BCUT2D eigenvalue weighted by atomic mass is 32.1. The number of hydrogen-bond acceptors (Lipinski definition) is 6. The Hall–Kier alpha value is -1.99. The molecular formula is C16H20N4O2S. The van der Waals surface area contributed by atoms with Gasteiger partial charge in [0.05, 0.1) is 17.4 Å². The van der Waals surface area contributed by atoms with Gasteiger partial charge < -0.3 is 9.64 Å². The van der Waals surface area contributed by atoms with Crippen LogP contribution in [-0.2, 0) is 11.3 Å². The maximum absolute atomic E-state index is 12.3. The summed E-state index contributed by atoms with van der Waals surface area (Å²) in [5, 5.41) is 2.08. The second-order valence-electron chi connectivity index (χ2n) is 5.47. The number of carbonyl (C=O) groups is 1. The van der Waals surface area contributed by atoms with Crippen LogP contribution in [0, 0.1) is 0 Å². The van der Waals surface area contributed by atoms with Gasteiger partial charge in [0.25, 0.3) is 5.91 Å². The van der Waals surface area contributed by atoms with Gasteiger partial charge in [-0.05, 0) is 18.6 Å². The monoisotopic (exact) mass is 332 g/mol. The summed E-state index contributed by atoms with van der Waals surface area (Å²) in [6.45, 7) is 4.30. The maximum Gasteiger partial charge on any atom is 0.260 e. The lowest BCUT2D eigenvalue weighted by atomic mass is 10.3. The molecule has 3 rings (SSSR count). The molecule has 0 unspecified atom stereocenters. The SMILES string of the molecule is O=C(COc1cccnc1)N1CCCN(Cc2cscn2)CC1. The summed E-state index contributed by atoms with van der Waals surface area (Å²) >= 11 is 1.62. The predicted octanol–water partition coefficient (Wildman–Crippen LogP) is 1.65. The van der Waals surface area contributed by atoms with Crippen molar-refractivity contribution in [1.82, 2.24) is 19.8 Å². The van der Waals surface area contributed by atoms with Crippen molar-refractivity contribution >= 4 is 17.2 Å². The lowest BCUT2D eigenvalue weighted by Crippen LogP contribution is -2.38. The highest BCUT2D eigenvalue weighted by Gasteiger charge is 2.19. The van der Waals surface area contributed by atoms with Crippen LogP contribution in [0.15, 0.2) is 35.4 Å². The summed E-state index contributed by atoms with van der Waals surface area (Å²) in [7, 11) is 0. The molecule has 0 radical (unpaired) electrons. The van der Waals surface area contributed by atoms with E-state index in [-0.39, 0.29) is 12.5 Å². The zero-order chi connectivity index (χ0) is 15.9. The summed E-state index contributed by atoms with van der Waals surface area (Å²) in [5.74, 6) is 0.658. The quantitative estimate of drug-likeness (QED) is 0.833. The lowest BCUT2D eigenvalue weighted by Gasteiger charge is -2.21. The van der Waals surface area contributed by atoms with Crippen molar-refractivity contribution in [2.45, 2.75) is 13.0 Å². The molecule has 3 heterocycles. The minimum Gasteiger partial charge on any atom is -0.482 e. The molecule has 0 spiro atoms. The van der Waals surface area contributed by atoms with Gasteiger partial charge in [-0.2, -0.15) is 0 Å². The van der Waals surface area contributed by atoms with Crippen molar-refractivity contribution in [1.29, 1.82) is 0 Å². The number of ether oxygens (including phenoxy) is 1. The molecule has 6 nitrogen and oxygen atoms in total. The molecule has 0 aliphatic carbocycles. The first-order valence-corrected chi connectivity index (χ1v) is 8.65. The van der Waals surface area contributed by atoms with Gasteiger partial charge in [0, 0.05) is 44.3 Å². The van der Waals surface area contributed by atoms with Gasteiger partial charge in [-0.25, -0.2) is 4.98 Å². The number of pyridine rings is 1. The highest BCUT2D eigenvalue weighted by Crippen LogP contribution is 2.11. The van der Waals surface area contributed by atoms with Crippen molar-refractivity contribution < 1.29 is 9.53 Å². The third-order valence-electron chi connectivity index (χ3n) is 3.81. The van der Waals surface area contributed by atoms with Crippen LogP contribution in [-0.4, -0.2) is 58.5 Å². The molecule has 2 aromatic rings. The van der Waals surface area contributed by atoms with E-state index in [1.54, 1.807) is 35.9 Å². The smallest absolute Gasteiger partial charge is 0.260 e. The average Bonchev–Trinajstić information content (AvgIpc) is 2.98. The van der Waals surface area contributed by atoms with E-state index >= 15 is 0 Å². The molecule has 1 aliphatic rings. The summed E-state index contributed by atoms with van der Waals surface area (Å²) in [6, 6.07) is 3.60. The second kappa shape index (κ2) is 8.03. The second-order valence-corrected chi connectivity index (χ2v) is 6.19. The molecule has 1 fully saturated rings. The number of hydrogen-bond donors (Lipinski definition) is 0. The molecule has 0 aromatic carbocycles. The molecular weight excluding hydrogens is 312 g/mol. The Kier molecular flexibility index (Phi) is 5.55. The minimum atomic E-state index is 0.0318. The molecule has 1 aliphatic heterocycles. The molecule has 0 bridgehead atoms. The van der Waals surface area contributed by atoms with Crippen molar-refractivity contribution in [3.05, 3.63) is 41.1 Å². The number of rotatable bonds is 5. The Bertz CT molecular complexity index is 606. The van der Waals surface area contributed by atoms with Crippen LogP contribution in [0.4, 0.5) is 0 Å². The first-order valence-electron chi connectivity index (χ1n) is 7.71. The molecule has 1 saturated heterocycles. The number of thiazole rings is 1. The van der Waals surface area contributed by atoms with E-state index in [2.05, 4.69) is 20.2 Å². The van der Waals surface area contributed by atoms with Crippen LogP contribution in [0.3, 0.4) is 0 Å². The van der Waals surface area contributed by atoms with Gasteiger partial charge in [-0.1, -0.05) is 0 Å². The van der Waals surface area contributed by atoms with Gasteiger partial charge >= 0.3 is 0 Å². The Morgan fingerprint density at radius 3 is 3.04 bits per heavy atom. The summed E-state index contributed by atoms with van der Waals surface area (Å²) in [6.07, 6.45) is 4.27. The topological polar surface area (TPSA) is 58.6 Å². The van der Waals surface area contributed by atoms with Crippen LogP contribution in [0.1, 0.15) is 12.1 Å². The minimum absolute atomic E-state index is 0.0318. The summed E-state index contributed by atoms with van der Waals surface area (Å²) in [4.78, 5) is 24.8. The molecule has 7 heteroatoms. The van der Waals surface area contributed by atoms with Crippen LogP contribution in [0.25, 0.3) is 0 Å². The number of aromatic nitrogens is 2. The molecule has 122 valence electrons. The van der Waals surface area contributed by atoms with E-state index in [9.17, 15) is 4.79 Å². The Morgan fingerprint density at radius 1 is 1.30 bits per heavy atom. The van der Waals surface area contributed by atoms with Crippen molar-refractivity contribution in [2.24, 2.45) is 0 Å². The first-order chi connectivity index (χ1) is 11.3. The van der Waals surface area contributed by atoms with Gasteiger partial charge in [-0.3, -0.25) is 14.7 Å². The van der Waals surface area contributed by atoms with Crippen LogP contribution in [0.5, 0.6) is 5.75 Å². The fourth-order valence-electron chi connectivity index (χ4n) is 2.59. The van der Waals surface area contributed by atoms with Gasteiger partial charge in [0.15, 0.2) is 6.61 Å². The van der Waals surface area contributed by atoms with Crippen molar-refractivity contribution in [3.63, 3.8) is 0 Å². The molecule has 23 heavy (non-hydrogen) atoms. The van der Waals surface area contributed by atoms with E-state index in [0.29, 0.717) is 5.75 Å². The predicted molar refractivity (Wildman–Crippen MR) is 88.3 cm³/mol. The van der Waals surface area contributed by atoms with Gasteiger partial charge in [0.1, 0.15) is 5.75 Å². The number of nitrogens with zero attached hydrogens (tertiary/aromatic N) is 4. The van der Waals surface area contributed by atoms with Crippen LogP contribution >= 0.6 is 11.3 Å². The van der Waals surface area contributed by atoms with E-state index < -0.39 is 0 Å². The van der Waals surface area contributed by atoms with E-state index in [0.717, 1.165) is 44.8 Å². The lowest BCUT2D eigenvalue weighted by molar-refractivity contribution is -0.133. The average molecular weight is 332 g/mol. The highest BCUT2D eigenvalue weighted by molar-refractivity contribution is 7.07. The number of carbonyl (C=O) groups excluding carboxylic acids is 1. The third kappa shape index (κ3) is 4.74. The van der Waals surface area contributed by atoms with Gasteiger partial charge in [-0.15, -0.1) is 11.3 Å². The first kappa shape index (κ1) is 15.9. The fourth-order valence-corrected chi connectivity index (χ4v) is 3.14. The largest absolute Gasteiger partial charge is 0.482 e. The van der Waals surface area contributed by atoms with E-state index in [4.69, 9.17) is 4.74 Å². The third-order valence-corrected chi connectivity index (χ3v) is 4.44. The van der Waals surface area contributed by atoms with Crippen molar-refractivity contribution in [3.8, 4) is 5.75 Å². The molecule has 1 amide bonds. The molecule has 0 atom stereocenters.